The monoisotopic (exact) mass is 398 g/mol. The second-order valence-corrected chi connectivity index (χ2v) is 6.28. The summed E-state index contributed by atoms with van der Waals surface area (Å²) in [5, 5.41) is 3.17. The Morgan fingerprint density at radius 1 is 0.821 bits per heavy atom. The summed E-state index contributed by atoms with van der Waals surface area (Å²) in [6, 6.07) is 13.5. The molecule has 0 saturated carbocycles. The number of hydrogen-bond donors (Lipinski definition) is 1. The Kier molecular flexibility index (Phi) is 5.60. The molecule has 0 atom stereocenters. The highest BCUT2D eigenvalue weighted by Gasteiger charge is 2.37. The van der Waals surface area contributed by atoms with Gasteiger partial charge in [-0.1, -0.05) is 42.5 Å². The van der Waals surface area contributed by atoms with Gasteiger partial charge in [0, 0.05) is 11.9 Å². The van der Waals surface area contributed by atoms with E-state index in [0.29, 0.717) is 13.1 Å². The van der Waals surface area contributed by atoms with E-state index in [1.807, 2.05) is 30.3 Å². The van der Waals surface area contributed by atoms with Crippen LogP contribution in [0, 0.1) is 0 Å². The Labute approximate surface area is 157 Å². The summed E-state index contributed by atoms with van der Waals surface area (Å²) in [6.07, 6.45) is -9.49. The normalized spacial score (nSPS) is 12.5. The van der Waals surface area contributed by atoms with E-state index in [2.05, 4.69) is 10.3 Å². The van der Waals surface area contributed by atoms with E-state index < -0.39 is 29.1 Å². The second kappa shape index (κ2) is 7.79. The minimum atomic E-state index is -4.83. The predicted molar refractivity (Wildman–Crippen MR) is 93.6 cm³/mol. The lowest BCUT2D eigenvalue weighted by Gasteiger charge is -2.15. The highest BCUT2D eigenvalue weighted by molar-refractivity contribution is 5.86. The first-order valence-electron chi connectivity index (χ1n) is 8.48. The number of aromatic nitrogens is 1. The fourth-order valence-corrected chi connectivity index (χ4v) is 2.95. The average Bonchev–Trinajstić information content (AvgIpc) is 2.63. The van der Waals surface area contributed by atoms with Crippen LogP contribution in [-0.2, 0) is 25.3 Å². The maximum absolute atomic E-state index is 13.2. The van der Waals surface area contributed by atoms with Gasteiger partial charge in [0.25, 0.3) is 0 Å². The molecule has 3 rings (SSSR count). The van der Waals surface area contributed by atoms with Gasteiger partial charge in [0.15, 0.2) is 0 Å². The molecule has 3 aromatic rings. The zero-order valence-electron chi connectivity index (χ0n) is 14.5. The number of para-hydroxylation sites is 1. The maximum atomic E-state index is 13.2. The summed E-state index contributed by atoms with van der Waals surface area (Å²) in [6.45, 7) is 0.811. The van der Waals surface area contributed by atoms with Crippen LogP contribution >= 0.6 is 0 Å². The van der Waals surface area contributed by atoms with Crippen molar-refractivity contribution >= 4 is 10.9 Å². The first kappa shape index (κ1) is 20.1. The molecule has 0 saturated heterocycles. The predicted octanol–water partition coefficient (Wildman–Crippen LogP) is 5.60. The van der Waals surface area contributed by atoms with Crippen LogP contribution in [-0.4, -0.2) is 11.5 Å². The van der Waals surface area contributed by atoms with Crippen LogP contribution in [0.5, 0.6) is 0 Å². The number of halogens is 6. The molecule has 0 aliphatic heterocycles. The number of alkyl halides is 6. The summed E-state index contributed by atoms with van der Waals surface area (Å²) < 4.78 is 79.2. The molecule has 2 nitrogen and oxygen atoms in total. The van der Waals surface area contributed by atoms with Gasteiger partial charge in [-0.05, 0) is 36.2 Å². The molecule has 0 aliphatic carbocycles. The van der Waals surface area contributed by atoms with Crippen molar-refractivity contribution in [3.05, 3.63) is 77.0 Å². The molecule has 0 radical (unpaired) electrons. The molecule has 0 fully saturated rings. The fourth-order valence-electron chi connectivity index (χ4n) is 2.95. The van der Waals surface area contributed by atoms with Crippen molar-refractivity contribution < 1.29 is 26.3 Å². The summed E-state index contributed by atoms with van der Waals surface area (Å²) in [7, 11) is 0. The van der Waals surface area contributed by atoms with Crippen LogP contribution in [0.2, 0.25) is 0 Å². The van der Waals surface area contributed by atoms with Gasteiger partial charge in [-0.25, -0.2) is 4.98 Å². The molecule has 8 heteroatoms. The van der Waals surface area contributed by atoms with E-state index in [1.165, 1.54) is 12.1 Å². The van der Waals surface area contributed by atoms with E-state index in [4.69, 9.17) is 0 Å². The van der Waals surface area contributed by atoms with Crippen molar-refractivity contribution in [2.45, 2.75) is 25.3 Å². The van der Waals surface area contributed by atoms with Crippen molar-refractivity contribution in [3.8, 4) is 0 Å². The maximum Gasteiger partial charge on any atom is 0.433 e. The first-order valence-corrected chi connectivity index (χ1v) is 8.48. The molecule has 2 aromatic carbocycles. The highest BCUT2D eigenvalue weighted by atomic mass is 19.4. The van der Waals surface area contributed by atoms with Gasteiger partial charge < -0.3 is 5.32 Å². The standard InChI is InChI=1S/C20H16F6N2/c21-19(22,23)16-8-4-7-15-14(11-17(20(24,25)26)28-18(15)16)9-10-27-12-13-5-2-1-3-6-13/h1-8,11,27H,9-10,12H2. The summed E-state index contributed by atoms with van der Waals surface area (Å²) >= 11 is 0. The molecular formula is C20H16F6N2. The van der Waals surface area contributed by atoms with Gasteiger partial charge in [0.1, 0.15) is 5.69 Å². The van der Waals surface area contributed by atoms with Crippen LogP contribution in [0.3, 0.4) is 0 Å². The first-order chi connectivity index (χ1) is 13.2. The van der Waals surface area contributed by atoms with E-state index >= 15 is 0 Å². The number of hydrogen-bond acceptors (Lipinski definition) is 2. The van der Waals surface area contributed by atoms with E-state index in [0.717, 1.165) is 17.7 Å². The van der Waals surface area contributed by atoms with Crippen molar-refractivity contribution in [3.63, 3.8) is 0 Å². The third-order valence-corrected chi connectivity index (χ3v) is 4.26. The zero-order chi connectivity index (χ0) is 20.4. The van der Waals surface area contributed by atoms with Gasteiger partial charge in [0.05, 0.1) is 11.1 Å². The Morgan fingerprint density at radius 3 is 2.18 bits per heavy atom. The lowest BCUT2D eigenvalue weighted by molar-refractivity contribution is -0.142. The highest BCUT2D eigenvalue weighted by Crippen LogP contribution is 2.37. The summed E-state index contributed by atoms with van der Waals surface area (Å²) in [5.74, 6) is 0. The quantitative estimate of drug-likeness (QED) is 0.447. The molecule has 0 spiro atoms. The van der Waals surface area contributed by atoms with Crippen molar-refractivity contribution in [1.82, 2.24) is 10.3 Å². The molecule has 1 N–H and O–H groups in total. The molecule has 0 bridgehead atoms. The van der Waals surface area contributed by atoms with Gasteiger partial charge in [0.2, 0.25) is 0 Å². The molecule has 28 heavy (non-hydrogen) atoms. The van der Waals surface area contributed by atoms with Crippen LogP contribution in [0.15, 0.2) is 54.6 Å². The second-order valence-electron chi connectivity index (χ2n) is 6.28. The SMILES string of the molecule is FC(F)(F)c1cc(CCNCc2ccccc2)c2cccc(C(F)(F)F)c2n1. The number of pyridine rings is 1. The third kappa shape index (κ3) is 4.62. The Hall–Kier alpha value is -2.61. The van der Waals surface area contributed by atoms with Gasteiger partial charge in [-0.15, -0.1) is 0 Å². The minimum Gasteiger partial charge on any atom is -0.312 e. The third-order valence-electron chi connectivity index (χ3n) is 4.26. The number of benzene rings is 2. The smallest absolute Gasteiger partial charge is 0.312 e. The summed E-state index contributed by atoms with van der Waals surface area (Å²) in [4.78, 5) is 3.28. The van der Waals surface area contributed by atoms with E-state index in [-0.39, 0.29) is 17.4 Å². The largest absolute Gasteiger partial charge is 0.433 e. The molecule has 1 heterocycles. The molecule has 0 aliphatic rings. The van der Waals surface area contributed by atoms with Crippen LogP contribution in [0.25, 0.3) is 10.9 Å². The average molecular weight is 398 g/mol. The van der Waals surface area contributed by atoms with Crippen molar-refractivity contribution in [2.24, 2.45) is 0 Å². The Morgan fingerprint density at radius 2 is 1.54 bits per heavy atom. The fraction of sp³-hybridized carbons (Fsp3) is 0.250. The number of rotatable bonds is 5. The van der Waals surface area contributed by atoms with E-state index in [1.54, 1.807) is 0 Å². The molecule has 0 unspecified atom stereocenters. The van der Waals surface area contributed by atoms with Gasteiger partial charge in [-0.2, -0.15) is 26.3 Å². The lowest BCUT2D eigenvalue weighted by atomic mass is 10.0. The van der Waals surface area contributed by atoms with E-state index in [9.17, 15) is 26.3 Å². The Balaban J connectivity index is 1.91. The lowest BCUT2D eigenvalue weighted by Crippen LogP contribution is -2.18. The summed E-state index contributed by atoms with van der Waals surface area (Å²) in [5.41, 5.74) is -2.01. The van der Waals surface area contributed by atoms with Crippen LogP contribution in [0.4, 0.5) is 26.3 Å². The van der Waals surface area contributed by atoms with Crippen LogP contribution < -0.4 is 5.32 Å². The number of fused-ring (bicyclic) bond motifs is 1. The van der Waals surface area contributed by atoms with Crippen molar-refractivity contribution in [1.29, 1.82) is 0 Å². The molecule has 148 valence electrons. The molecule has 1 aromatic heterocycles. The number of nitrogens with zero attached hydrogens (tertiary/aromatic N) is 1. The molecule has 0 amide bonds. The Bertz CT molecular complexity index is 949. The molecular weight excluding hydrogens is 382 g/mol. The zero-order valence-corrected chi connectivity index (χ0v) is 14.5. The number of nitrogens with one attached hydrogen (secondary N) is 1. The topological polar surface area (TPSA) is 24.9 Å². The van der Waals surface area contributed by atoms with Crippen molar-refractivity contribution in [2.75, 3.05) is 6.54 Å². The van der Waals surface area contributed by atoms with Crippen LogP contribution in [0.1, 0.15) is 22.4 Å². The minimum absolute atomic E-state index is 0.0735. The van der Waals surface area contributed by atoms with Gasteiger partial charge >= 0.3 is 12.4 Å². The van der Waals surface area contributed by atoms with Gasteiger partial charge in [-0.3, -0.25) is 0 Å².